The number of aliphatic hydroxyl groups excluding tert-OH is 1. The molecule has 0 aromatic carbocycles. The number of hydrogen-bond acceptors (Lipinski definition) is 4. The molecule has 1 aliphatic carbocycles. The lowest BCUT2D eigenvalue weighted by Crippen LogP contribution is -2.39. The highest BCUT2D eigenvalue weighted by atomic mass is 16.5. The molecular formula is C17H32N2O3. The summed E-state index contributed by atoms with van der Waals surface area (Å²) in [4.78, 5) is 12.0. The molecule has 1 saturated carbocycles. The van der Waals surface area contributed by atoms with E-state index in [0.29, 0.717) is 30.8 Å². The van der Waals surface area contributed by atoms with Gasteiger partial charge in [-0.25, -0.2) is 0 Å². The Morgan fingerprint density at radius 3 is 2.77 bits per heavy atom. The van der Waals surface area contributed by atoms with Crippen molar-refractivity contribution < 1.29 is 14.6 Å². The van der Waals surface area contributed by atoms with Crippen LogP contribution in [0.1, 0.15) is 40.0 Å². The standard InChI is InChI=1S/C17H32N2O3/c1-11(2)14-5-4-12(3)6-16(14)22-10-17(21)19-8-13-7-18-9-15(13)20/h11-16,18,20H,4-10H2,1-3H3,(H,19,21). The molecule has 2 aliphatic rings. The maximum absolute atomic E-state index is 12.0. The average molecular weight is 312 g/mol. The Morgan fingerprint density at radius 2 is 2.14 bits per heavy atom. The third kappa shape index (κ3) is 4.93. The first-order valence-corrected chi connectivity index (χ1v) is 8.74. The molecule has 1 saturated heterocycles. The van der Waals surface area contributed by atoms with E-state index in [-0.39, 0.29) is 30.6 Å². The number of hydrogen-bond donors (Lipinski definition) is 3. The van der Waals surface area contributed by atoms with Gasteiger partial charge in [0, 0.05) is 25.6 Å². The summed E-state index contributed by atoms with van der Waals surface area (Å²) >= 11 is 0. The van der Waals surface area contributed by atoms with Crippen LogP contribution in [0.5, 0.6) is 0 Å². The molecule has 5 unspecified atom stereocenters. The van der Waals surface area contributed by atoms with E-state index in [1.165, 1.54) is 12.8 Å². The predicted molar refractivity (Wildman–Crippen MR) is 86.5 cm³/mol. The minimum absolute atomic E-state index is 0.0696. The van der Waals surface area contributed by atoms with Crippen LogP contribution in [0.4, 0.5) is 0 Å². The number of rotatable bonds is 6. The first-order valence-electron chi connectivity index (χ1n) is 8.74. The van der Waals surface area contributed by atoms with Crippen LogP contribution in [0.25, 0.3) is 0 Å². The van der Waals surface area contributed by atoms with Gasteiger partial charge in [0.15, 0.2) is 0 Å². The quantitative estimate of drug-likeness (QED) is 0.688. The fraction of sp³-hybridized carbons (Fsp3) is 0.941. The number of β-amino-alcohol motifs (C(OH)–C–C–N with tert-alkyl or cyclic N) is 1. The second-order valence-electron chi connectivity index (χ2n) is 7.47. The fourth-order valence-corrected chi connectivity index (χ4v) is 3.71. The van der Waals surface area contributed by atoms with Crippen LogP contribution in [0.15, 0.2) is 0 Å². The third-order valence-electron chi connectivity index (χ3n) is 5.26. The van der Waals surface area contributed by atoms with Gasteiger partial charge in [0.25, 0.3) is 0 Å². The molecule has 1 aliphatic heterocycles. The zero-order valence-electron chi connectivity index (χ0n) is 14.2. The molecule has 22 heavy (non-hydrogen) atoms. The van der Waals surface area contributed by atoms with E-state index < -0.39 is 0 Å². The average Bonchev–Trinajstić information content (AvgIpc) is 2.88. The Kier molecular flexibility index (Phi) is 6.66. The molecule has 5 heteroatoms. The molecule has 2 rings (SSSR count). The predicted octanol–water partition coefficient (Wildman–Crippen LogP) is 1.16. The van der Waals surface area contributed by atoms with Gasteiger partial charge in [-0.15, -0.1) is 0 Å². The minimum Gasteiger partial charge on any atom is -0.391 e. The summed E-state index contributed by atoms with van der Waals surface area (Å²) in [6.07, 6.45) is 3.37. The van der Waals surface area contributed by atoms with Gasteiger partial charge in [0.05, 0.1) is 12.2 Å². The van der Waals surface area contributed by atoms with Gasteiger partial charge in [0.2, 0.25) is 5.91 Å². The lowest BCUT2D eigenvalue weighted by Gasteiger charge is -2.37. The van der Waals surface area contributed by atoms with Gasteiger partial charge in [0.1, 0.15) is 6.61 Å². The molecule has 2 fully saturated rings. The van der Waals surface area contributed by atoms with Crippen molar-refractivity contribution in [1.29, 1.82) is 0 Å². The number of aliphatic hydroxyl groups is 1. The van der Waals surface area contributed by atoms with E-state index in [1.807, 2.05) is 0 Å². The molecule has 1 heterocycles. The molecule has 0 spiro atoms. The van der Waals surface area contributed by atoms with Gasteiger partial charge in [-0.3, -0.25) is 4.79 Å². The van der Waals surface area contributed by atoms with E-state index >= 15 is 0 Å². The number of ether oxygens (including phenoxy) is 1. The van der Waals surface area contributed by atoms with E-state index in [2.05, 4.69) is 31.4 Å². The van der Waals surface area contributed by atoms with Crippen LogP contribution >= 0.6 is 0 Å². The van der Waals surface area contributed by atoms with Crippen molar-refractivity contribution in [3.63, 3.8) is 0 Å². The Bertz CT molecular complexity index is 362. The van der Waals surface area contributed by atoms with Crippen molar-refractivity contribution in [2.75, 3.05) is 26.2 Å². The fourth-order valence-electron chi connectivity index (χ4n) is 3.71. The van der Waals surface area contributed by atoms with Crippen molar-refractivity contribution in [1.82, 2.24) is 10.6 Å². The van der Waals surface area contributed by atoms with Crippen molar-refractivity contribution in [3.05, 3.63) is 0 Å². The highest BCUT2D eigenvalue weighted by Crippen LogP contribution is 2.35. The van der Waals surface area contributed by atoms with E-state index in [1.54, 1.807) is 0 Å². The van der Waals surface area contributed by atoms with E-state index in [4.69, 9.17) is 4.74 Å². The summed E-state index contributed by atoms with van der Waals surface area (Å²) < 4.78 is 5.94. The third-order valence-corrected chi connectivity index (χ3v) is 5.26. The summed E-state index contributed by atoms with van der Waals surface area (Å²) in [5, 5.41) is 15.7. The Balaban J connectivity index is 1.71. The summed E-state index contributed by atoms with van der Waals surface area (Å²) in [7, 11) is 0. The summed E-state index contributed by atoms with van der Waals surface area (Å²) in [6.45, 7) is 8.78. The largest absolute Gasteiger partial charge is 0.391 e. The Labute approximate surface area is 134 Å². The summed E-state index contributed by atoms with van der Waals surface area (Å²) in [5.41, 5.74) is 0. The Morgan fingerprint density at radius 1 is 1.36 bits per heavy atom. The van der Waals surface area contributed by atoms with Crippen LogP contribution in [0.2, 0.25) is 0 Å². The van der Waals surface area contributed by atoms with E-state index in [9.17, 15) is 9.90 Å². The second kappa shape index (κ2) is 8.27. The van der Waals surface area contributed by atoms with Gasteiger partial charge >= 0.3 is 0 Å². The first-order chi connectivity index (χ1) is 10.5. The number of nitrogens with one attached hydrogen (secondary N) is 2. The van der Waals surface area contributed by atoms with Crippen molar-refractivity contribution in [2.24, 2.45) is 23.7 Å². The molecule has 0 aromatic rings. The zero-order valence-corrected chi connectivity index (χ0v) is 14.2. The van der Waals surface area contributed by atoms with Gasteiger partial charge in [-0.2, -0.15) is 0 Å². The smallest absolute Gasteiger partial charge is 0.246 e. The molecule has 3 N–H and O–H groups in total. The van der Waals surface area contributed by atoms with E-state index in [0.717, 1.165) is 13.0 Å². The lowest BCUT2D eigenvalue weighted by molar-refractivity contribution is -0.131. The van der Waals surface area contributed by atoms with Crippen molar-refractivity contribution in [2.45, 2.75) is 52.2 Å². The molecule has 1 amide bonds. The van der Waals surface area contributed by atoms with Crippen LogP contribution in [0, 0.1) is 23.7 Å². The monoisotopic (exact) mass is 312 g/mol. The molecule has 0 aromatic heterocycles. The first kappa shape index (κ1) is 17.7. The van der Waals surface area contributed by atoms with Crippen LogP contribution < -0.4 is 10.6 Å². The molecule has 0 bridgehead atoms. The molecule has 0 radical (unpaired) electrons. The van der Waals surface area contributed by atoms with Gasteiger partial charge in [-0.05, 0) is 30.6 Å². The normalized spacial score (nSPS) is 35.8. The summed E-state index contributed by atoms with van der Waals surface area (Å²) in [6, 6.07) is 0. The van der Waals surface area contributed by atoms with Crippen LogP contribution in [-0.4, -0.2) is 49.5 Å². The molecule has 5 atom stereocenters. The van der Waals surface area contributed by atoms with Crippen LogP contribution in [-0.2, 0) is 9.53 Å². The Hall–Kier alpha value is -0.650. The topological polar surface area (TPSA) is 70.6 Å². The molecular weight excluding hydrogens is 280 g/mol. The maximum atomic E-state index is 12.0. The highest BCUT2D eigenvalue weighted by Gasteiger charge is 2.32. The SMILES string of the molecule is CC1CCC(C(C)C)C(OCC(=O)NCC2CNCC2O)C1. The van der Waals surface area contributed by atoms with Crippen LogP contribution in [0.3, 0.4) is 0 Å². The zero-order chi connectivity index (χ0) is 16.1. The number of carbonyl (C=O) groups excluding carboxylic acids is 1. The summed E-state index contributed by atoms with van der Waals surface area (Å²) in [5.74, 6) is 1.88. The number of carbonyl (C=O) groups is 1. The highest BCUT2D eigenvalue weighted by molar-refractivity contribution is 5.77. The van der Waals surface area contributed by atoms with Gasteiger partial charge in [-0.1, -0.05) is 27.2 Å². The minimum atomic E-state index is -0.356. The molecule has 5 nitrogen and oxygen atoms in total. The van der Waals surface area contributed by atoms with Crippen molar-refractivity contribution >= 4 is 5.91 Å². The molecule has 128 valence electrons. The van der Waals surface area contributed by atoms with Crippen molar-refractivity contribution in [3.8, 4) is 0 Å². The second-order valence-corrected chi connectivity index (χ2v) is 7.47. The maximum Gasteiger partial charge on any atom is 0.246 e. The number of amides is 1. The lowest BCUT2D eigenvalue weighted by atomic mass is 9.75. The van der Waals surface area contributed by atoms with Gasteiger partial charge < -0.3 is 20.5 Å².